The van der Waals surface area contributed by atoms with Crippen molar-refractivity contribution >= 4 is 29.0 Å². The van der Waals surface area contributed by atoms with Gasteiger partial charge in [0.25, 0.3) is 0 Å². The lowest BCUT2D eigenvalue weighted by molar-refractivity contribution is 0.121. The molecular weight excluding hydrogens is 412 g/mol. The summed E-state index contributed by atoms with van der Waals surface area (Å²) in [5.74, 6) is 0.444. The van der Waals surface area contributed by atoms with Gasteiger partial charge < -0.3 is 9.26 Å². The lowest BCUT2D eigenvalue weighted by atomic mass is 10.0. The minimum Gasteiger partial charge on any atom is -0.441 e. The average molecular weight is 435 g/mol. The van der Waals surface area contributed by atoms with Gasteiger partial charge in [-0.1, -0.05) is 90.6 Å². The number of benzene rings is 2. The molecule has 1 aromatic heterocycles. The summed E-state index contributed by atoms with van der Waals surface area (Å²) in [5, 5.41) is 7.27. The smallest absolute Gasteiger partial charge is 0.412 e. The highest BCUT2D eigenvalue weighted by Gasteiger charge is 2.20. The highest BCUT2D eigenvalue weighted by Crippen LogP contribution is 2.33. The van der Waals surface area contributed by atoms with E-state index >= 15 is 0 Å². The van der Waals surface area contributed by atoms with Gasteiger partial charge in [-0.15, -0.1) is 0 Å². The number of anilines is 1. The molecular formula is C25H23ClN2O3. The van der Waals surface area contributed by atoms with E-state index < -0.39 is 12.2 Å². The van der Waals surface area contributed by atoms with E-state index in [4.69, 9.17) is 20.9 Å². The molecule has 0 aliphatic heterocycles. The number of ether oxygens (including phenoxy) is 1. The van der Waals surface area contributed by atoms with Crippen molar-refractivity contribution in [3.05, 3.63) is 102 Å². The van der Waals surface area contributed by atoms with Crippen LogP contribution in [-0.4, -0.2) is 11.2 Å². The number of carbonyl (C=O) groups is 1. The zero-order valence-corrected chi connectivity index (χ0v) is 18.1. The molecule has 0 spiro atoms. The van der Waals surface area contributed by atoms with E-state index in [9.17, 15) is 4.79 Å². The van der Waals surface area contributed by atoms with Crippen LogP contribution in [0.15, 0.2) is 84.4 Å². The van der Waals surface area contributed by atoms with E-state index in [0.717, 1.165) is 22.3 Å². The molecule has 0 radical (unpaired) electrons. The lowest BCUT2D eigenvalue weighted by Crippen LogP contribution is -2.17. The molecule has 3 aromatic rings. The third kappa shape index (κ3) is 5.13. The van der Waals surface area contributed by atoms with E-state index in [1.165, 1.54) is 0 Å². The van der Waals surface area contributed by atoms with Crippen LogP contribution in [-0.2, 0) is 4.74 Å². The summed E-state index contributed by atoms with van der Waals surface area (Å²) >= 11 is 6.19. The number of rotatable bonds is 7. The van der Waals surface area contributed by atoms with Gasteiger partial charge in [-0.05, 0) is 31.1 Å². The lowest BCUT2D eigenvalue weighted by Gasteiger charge is -2.15. The first-order valence-corrected chi connectivity index (χ1v) is 10.1. The molecule has 158 valence electrons. The van der Waals surface area contributed by atoms with Crippen LogP contribution in [0.25, 0.3) is 16.9 Å². The Balaban J connectivity index is 1.79. The van der Waals surface area contributed by atoms with Crippen molar-refractivity contribution in [2.24, 2.45) is 0 Å². The molecule has 0 saturated carbocycles. The standard InChI is InChI=1S/C25H23ClN2O3/c1-5-9-18(6-2)19-12-14-20(15-13-19)24-23(16(3)28-31-24)27-25(29)30-17(4)21-10-7-8-11-22(21)26/h5-15,17H,1-2H2,3-4H3,(H,27,29). The Hall–Kier alpha value is -3.57. The summed E-state index contributed by atoms with van der Waals surface area (Å²) in [4.78, 5) is 12.5. The quantitative estimate of drug-likeness (QED) is 0.394. The molecule has 0 bridgehead atoms. The number of allylic oxidation sites excluding steroid dienone is 4. The van der Waals surface area contributed by atoms with Crippen LogP contribution in [0.1, 0.15) is 29.8 Å². The fourth-order valence-corrected chi connectivity index (χ4v) is 3.39. The molecule has 1 atom stereocenters. The first kappa shape index (κ1) is 22.1. The Morgan fingerprint density at radius 2 is 1.90 bits per heavy atom. The van der Waals surface area contributed by atoms with Gasteiger partial charge in [0.15, 0.2) is 5.76 Å². The van der Waals surface area contributed by atoms with Crippen molar-refractivity contribution in [1.82, 2.24) is 5.16 Å². The minimum atomic E-state index is -0.626. The van der Waals surface area contributed by atoms with Crippen molar-refractivity contribution < 1.29 is 14.1 Å². The highest BCUT2D eigenvalue weighted by atomic mass is 35.5. The average Bonchev–Trinajstić information content (AvgIpc) is 3.12. The van der Waals surface area contributed by atoms with Crippen LogP contribution in [0.5, 0.6) is 0 Å². The van der Waals surface area contributed by atoms with Gasteiger partial charge in [-0.25, -0.2) is 4.79 Å². The molecule has 0 aliphatic carbocycles. The molecule has 31 heavy (non-hydrogen) atoms. The van der Waals surface area contributed by atoms with E-state index in [2.05, 4.69) is 23.6 Å². The SMILES string of the molecule is C=CC=C(C=C)c1ccc(-c2onc(C)c2NC(=O)OC(C)c2ccccc2Cl)cc1. The van der Waals surface area contributed by atoms with Crippen LogP contribution >= 0.6 is 11.6 Å². The Morgan fingerprint density at radius 3 is 2.55 bits per heavy atom. The molecule has 6 heteroatoms. The fourth-order valence-electron chi connectivity index (χ4n) is 3.10. The monoisotopic (exact) mass is 434 g/mol. The number of carbonyl (C=O) groups excluding carboxylic acids is 1. The van der Waals surface area contributed by atoms with Crippen molar-refractivity contribution in [2.45, 2.75) is 20.0 Å². The maximum Gasteiger partial charge on any atom is 0.412 e. The van der Waals surface area contributed by atoms with Gasteiger partial charge >= 0.3 is 6.09 Å². The van der Waals surface area contributed by atoms with Crippen LogP contribution in [0.4, 0.5) is 10.5 Å². The Bertz CT molecular complexity index is 1130. The summed E-state index contributed by atoms with van der Waals surface area (Å²) in [6.07, 6.45) is 4.20. The molecule has 1 amide bonds. The van der Waals surface area contributed by atoms with Gasteiger partial charge in [0, 0.05) is 16.1 Å². The Kier molecular flexibility index (Phi) is 7.11. The van der Waals surface area contributed by atoms with Crippen LogP contribution in [0.2, 0.25) is 5.02 Å². The molecule has 1 heterocycles. The molecule has 3 rings (SSSR count). The molecule has 0 aliphatic rings. The second-order valence-electron chi connectivity index (χ2n) is 6.81. The second-order valence-corrected chi connectivity index (χ2v) is 7.21. The fraction of sp³-hybridized carbons (Fsp3) is 0.120. The zero-order chi connectivity index (χ0) is 22.4. The van der Waals surface area contributed by atoms with Crippen molar-refractivity contribution in [3.8, 4) is 11.3 Å². The minimum absolute atomic E-state index is 0.444. The number of hydrogen-bond donors (Lipinski definition) is 1. The molecule has 2 aromatic carbocycles. The molecule has 1 N–H and O–H groups in total. The van der Waals surface area contributed by atoms with Crippen LogP contribution in [0.3, 0.4) is 0 Å². The number of nitrogens with zero attached hydrogens (tertiary/aromatic N) is 1. The van der Waals surface area contributed by atoms with Gasteiger partial charge in [-0.3, -0.25) is 5.32 Å². The Labute approximate surface area is 186 Å². The first-order chi connectivity index (χ1) is 14.9. The van der Waals surface area contributed by atoms with Crippen molar-refractivity contribution in [1.29, 1.82) is 0 Å². The largest absolute Gasteiger partial charge is 0.441 e. The zero-order valence-electron chi connectivity index (χ0n) is 17.4. The van der Waals surface area contributed by atoms with Crippen molar-refractivity contribution in [2.75, 3.05) is 5.32 Å². The summed E-state index contributed by atoms with van der Waals surface area (Å²) in [5.41, 5.74) is 4.42. The number of hydrogen-bond acceptors (Lipinski definition) is 4. The number of aryl methyl sites for hydroxylation is 1. The third-order valence-electron chi connectivity index (χ3n) is 4.71. The molecule has 0 saturated heterocycles. The summed E-state index contributed by atoms with van der Waals surface area (Å²) in [6, 6.07) is 14.9. The highest BCUT2D eigenvalue weighted by molar-refractivity contribution is 6.31. The summed E-state index contributed by atoms with van der Waals surface area (Å²) < 4.78 is 11.0. The van der Waals surface area contributed by atoms with Gasteiger partial charge in [0.2, 0.25) is 0 Å². The summed E-state index contributed by atoms with van der Waals surface area (Å²) in [6.45, 7) is 11.0. The predicted molar refractivity (Wildman–Crippen MR) is 125 cm³/mol. The van der Waals surface area contributed by atoms with Crippen molar-refractivity contribution in [3.63, 3.8) is 0 Å². The Morgan fingerprint density at radius 1 is 1.19 bits per heavy atom. The first-order valence-electron chi connectivity index (χ1n) is 9.69. The molecule has 1 unspecified atom stereocenters. The van der Waals surface area contributed by atoms with Gasteiger partial charge in [0.05, 0.1) is 0 Å². The number of halogens is 1. The number of nitrogens with one attached hydrogen (secondary N) is 1. The molecule has 0 fully saturated rings. The van der Waals surface area contributed by atoms with Crippen LogP contribution < -0.4 is 5.32 Å². The molecule has 5 nitrogen and oxygen atoms in total. The number of aromatic nitrogens is 1. The van der Waals surface area contributed by atoms with E-state index in [-0.39, 0.29) is 0 Å². The maximum absolute atomic E-state index is 12.5. The van der Waals surface area contributed by atoms with E-state index in [1.807, 2.05) is 48.5 Å². The third-order valence-corrected chi connectivity index (χ3v) is 5.06. The van der Waals surface area contributed by atoms with E-state index in [1.54, 1.807) is 32.1 Å². The second kappa shape index (κ2) is 9.96. The normalized spacial score (nSPS) is 12.2. The van der Waals surface area contributed by atoms with Crippen LogP contribution in [0, 0.1) is 6.92 Å². The summed E-state index contributed by atoms with van der Waals surface area (Å²) in [7, 11) is 0. The predicted octanol–water partition coefficient (Wildman–Crippen LogP) is 7.37. The topological polar surface area (TPSA) is 64.4 Å². The van der Waals surface area contributed by atoms with Gasteiger partial charge in [0.1, 0.15) is 17.5 Å². The maximum atomic E-state index is 12.5. The van der Waals surface area contributed by atoms with E-state index in [0.29, 0.717) is 22.2 Å². The van der Waals surface area contributed by atoms with Gasteiger partial charge in [-0.2, -0.15) is 0 Å². The number of amides is 1.